The Balaban J connectivity index is 2.76. The first-order valence-electron chi connectivity index (χ1n) is 3.86. The molecule has 2 nitrogen and oxygen atoms in total. The van der Waals surface area contributed by atoms with Crippen molar-refractivity contribution in [1.29, 1.82) is 0 Å². The van der Waals surface area contributed by atoms with Gasteiger partial charge in [-0.25, -0.2) is 4.79 Å². The Hall–Kier alpha value is -0.100. The van der Waals surface area contributed by atoms with E-state index in [1.165, 1.54) is 11.3 Å². The lowest BCUT2D eigenvalue weighted by Gasteiger charge is -2.18. The molecule has 0 radical (unpaired) electrons. The molecule has 0 aliphatic rings. The molecule has 1 aromatic heterocycles. The maximum Gasteiger partial charge on any atom is 0.349 e. The topological polar surface area (TPSA) is 26.3 Å². The molecule has 13 heavy (non-hydrogen) atoms. The highest BCUT2D eigenvalue weighted by atomic mass is 127. The summed E-state index contributed by atoms with van der Waals surface area (Å²) < 4.78 is 6.19. The second-order valence-corrected chi connectivity index (χ2v) is 5.68. The molecule has 1 heterocycles. The molecule has 0 aromatic carbocycles. The Kier molecular flexibility index (Phi) is 3.34. The molecular formula is C9H11IO2S. The average molecular weight is 310 g/mol. The van der Waals surface area contributed by atoms with E-state index in [0.717, 1.165) is 3.57 Å². The molecule has 0 N–H and O–H groups in total. The van der Waals surface area contributed by atoms with Gasteiger partial charge in [0.15, 0.2) is 0 Å². The van der Waals surface area contributed by atoms with Gasteiger partial charge in [-0.15, -0.1) is 11.3 Å². The Morgan fingerprint density at radius 3 is 2.54 bits per heavy atom. The molecule has 0 fully saturated rings. The molecule has 1 aromatic rings. The van der Waals surface area contributed by atoms with Crippen LogP contribution in [0.1, 0.15) is 30.4 Å². The first kappa shape index (κ1) is 11.0. The van der Waals surface area contributed by atoms with E-state index in [9.17, 15) is 4.79 Å². The van der Waals surface area contributed by atoms with E-state index in [2.05, 4.69) is 22.6 Å². The van der Waals surface area contributed by atoms with Gasteiger partial charge < -0.3 is 4.74 Å². The SMILES string of the molecule is CC(C)(C)OC(=O)c1sccc1I. The van der Waals surface area contributed by atoms with E-state index in [1.54, 1.807) is 0 Å². The first-order valence-corrected chi connectivity index (χ1v) is 5.82. The largest absolute Gasteiger partial charge is 0.456 e. The van der Waals surface area contributed by atoms with Crippen molar-refractivity contribution in [2.75, 3.05) is 0 Å². The number of hydrogen-bond acceptors (Lipinski definition) is 3. The number of esters is 1. The summed E-state index contributed by atoms with van der Waals surface area (Å²) in [6.45, 7) is 5.60. The van der Waals surface area contributed by atoms with Gasteiger partial charge in [0.25, 0.3) is 0 Å². The Labute approximate surface area is 95.4 Å². The van der Waals surface area contributed by atoms with Gasteiger partial charge in [-0.05, 0) is 54.8 Å². The third-order valence-electron chi connectivity index (χ3n) is 1.20. The molecule has 1 rings (SSSR count). The van der Waals surface area contributed by atoms with Gasteiger partial charge in [0.2, 0.25) is 0 Å². The molecule has 0 saturated heterocycles. The van der Waals surface area contributed by atoms with Gasteiger partial charge in [0, 0.05) is 3.57 Å². The molecule has 0 amide bonds. The molecular weight excluding hydrogens is 299 g/mol. The number of carbonyl (C=O) groups excluding carboxylic acids is 1. The summed E-state index contributed by atoms with van der Waals surface area (Å²) in [5.74, 6) is -0.230. The molecule has 0 bridgehead atoms. The van der Waals surface area contributed by atoms with Gasteiger partial charge >= 0.3 is 5.97 Å². The predicted octanol–water partition coefficient (Wildman–Crippen LogP) is 3.31. The summed E-state index contributed by atoms with van der Waals surface area (Å²) >= 11 is 3.55. The smallest absolute Gasteiger partial charge is 0.349 e. The van der Waals surface area contributed by atoms with Gasteiger partial charge in [-0.2, -0.15) is 0 Å². The minimum absolute atomic E-state index is 0.230. The van der Waals surface area contributed by atoms with Crippen LogP contribution in [0.5, 0.6) is 0 Å². The zero-order valence-electron chi connectivity index (χ0n) is 7.76. The van der Waals surface area contributed by atoms with Gasteiger partial charge in [-0.3, -0.25) is 0 Å². The Morgan fingerprint density at radius 1 is 1.54 bits per heavy atom. The van der Waals surface area contributed by atoms with Crippen molar-refractivity contribution < 1.29 is 9.53 Å². The first-order chi connectivity index (χ1) is 5.90. The van der Waals surface area contributed by atoms with E-state index >= 15 is 0 Å². The Morgan fingerprint density at radius 2 is 2.15 bits per heavy atom. The maximum atomic E-state index is 11.5. The lowest BCUT2D eigenvalue weighted by molar-refractivity contribution is 0.00742. The van der Waals surface area contributed by atoms with Crippen molar-refractivity contribution in [1.82, 2.24) is 0 Å². The summed E-state index contributed by atoms with van der Waals surface area (Å²) in [5, 5.41) is 1.89. The van der Waals surface area contributed by atoms with Crippen LogP contribution in [0.3, 0.4) is 0 Å². The predicted molar refractivity (Wildman–Crippen MR) is 62.2 cm³/mol. The number of rotatable bonds is 1. The monoisotopic (exact) mass is 310 g/mol. The molecule has 0 aliphatic carbocycles. The highest BCUT2D eigenvalue weighted by molar-refractivity contribution is 14.1. The van der Waals surface area contributed by atoms with Crippen LogP contribution in [0.2, 0.25) is 0 Å². The molecule has 0 unspecified atom stereocenters. The van der Waals surface area contributed by atoms with E-state index in [1.807, 2.05) is 32.2 Å². The summed E-state index contributed by atoms with van der Waals surface area (Å²) in [4.78, 5) is 12.2. The van der Waals surface area contributed by atoms with Gasteiger partial charge in [0.1, 0.15) is 10.5 Å². The highest BCUT2D eigenvalue weighted by Crippen LogP contribution is 2.21. The number of thiophene rings is 1. The van der Waals surface area contributed by atoms with Crippen molar-refractivity contribution >= 4 is 39.9 Å². The highest BCUT2D eigenvalue weighted by Gasteiger charge is 2.20. The quantitative estimate of drug-likeness (QED) is 0.587. The fraction of sp³-hybridized carbons (Fsp3) is 0.444. The summed E-state index contributed by atoms with van der Waals surface area (Å²) in [6.07, 6.45) is 0. The zero-order chi connectivity index (χ0) is 10.1. The normalized spacial score (nSPS) is 11.4. The summed E-state index contributed by atoms with van der Waals surface area (Å²) in [7, 11) is 0. The molecule has 4 heteroatoms. The molecule has 0 aliphatic heterocycles. The van der Waals surface area contributed by atoms with Crippen molar-refractivity contribution in [3.05, 3.63) is 19.9 Å². The van der Waals surface area contributed by atoms with Crippen molar-refractivity contribution in [3.8, 4) is 0 Å². The Bertz CT molecular complexity index is 312. The number of carbonyl (C=O) groups is 1. The van der Waals surface area contributed by atoms with Crippen molar-refractivity contribution in [2.24, 2.45) is 0 Å². The summed E-state index contributed by atoms with van der Waals surface area (Å²) in [6, 6.07) is 1.91. The zero-order valence-corrected chi connectivity index (χ0v) is 10.7. The van der Waals surface area contributed by atoms with Crippen molar-refractivity contribution in [3.63, 3.8) is 0 Å². The molecule has 0 atom stereocenters. The third kappa shape index (κ3) is 3.27. The van der Waals surface area contributed by atoms with Crippen LogP contribution in [0, 0.1) is 3.57 Å². The van der Waals surface area contributed by atoms with Crippen molar-refractivity contribution in [2.45, 2.75) is 26.4 Å². The minimum Gasteiger partial charge on any atom is -0.456 e. The minimum atomic E-state index is -0.413. The van der Waals surface area contributed by atoms with Crippen LogP contribution in [0.4, 0.5) is 0 Å². The van der Waals surface area contributed by atoms with Crippen LogP contribution in [0.15, 0.2) is 11.4 Å². The molecule has 0 spiro atoms. The fourth-order valence-corrected chi connectivity index (χ4v) is 2.45. The lowest BCUT2D eigenvalue weighted by atomic mass is 10.2. The van der Waals surface area contributed by atoms with Gasteiger partial charge in [0.05, 0.1) is 0 Å². The lowest BCUT2D eigenvalue weighted by Crippen LogP contribution is -2.23. The van der Waals surface area contributed by atoms with Crippen LogP contribution >= 0.6 is 33.9 Å². The van der Waals surface area contributed by atoms with Crippen LogP contribution in [0.25, 0.3) is 0 Å². The van der Waals surface area contributed by atoms with Crippen LogP contribution in [-0.2, 0) is 4.74 Å². The summed E-state index contributed by atoms with van der Waals surface area (Å²) in [5.41, 5.74) is -0.413. The second-order valence-electron chi connectivity index (χ2n) is 3.60. The fourth-order valence-electron chi connectivity index (χ4n) is 0.764. The van der Waals surface area contributed by atoms with E-state index in [-0.39, 0.29) is 5.97 Å². The number of hydrogen-bond donors (Lipinski definition) is 0. The van der Waals surface area contributed by atoms with E-state index < -0.39 is 5.60 Å². The third-order valence-corrected chi connectivity index (χ3v) is 3.36. The van der Waals surface area contributed by atoms with E-state index in [4.69, 9.17) is 4.74 Å². The maximum absolute atomic E-state index is 11.5. The number of ether oxygens (including phenoxy) is 1. The standard InChI is InChI=1S/C9H11IO2S/c1-9(2,3)12-8(11)7-6(10)4-5-13-7/h4-5H,1-3H3. The van der Waals surface area contributed by atoms with Crippen LogP contribution in [-0.4, -0.2) is 11.6 Å². The number of halogens is 1. The molecule has 0 saturated carbocycles. The van der Waals surface area contributed by atoms with E-state index in [0.29, 0.717) is 4.88 Å². The molecule has 72 valence electrons. The average Bonchev–Trinajstić information content (AvgIpc) is 2.30. The van der Waals surface area contributed by atoms with Crippen LogP contribution < -0.4 is 0 Å². The second kappa shape index (κ2) is 3.96. The van der Waals surface area contributed by atoms with Gasteiger partial charge in [-0.1, -0.05) is 0 Å².